The van der Waals surface area contributed by atoms with Crippen molar-refractivity contribution in [1.82, 2.24) is 0 Å². The Balaban J connectivity index is 2.03. The molecular weight excluding hydrogens is 829 g/mol. The van der Waals surface area contributed by atoms with Crippen LogP contribution in [0.4, 0.5) is 0 Å². The van der Waals surface area contributed by atoms with Gasteiger partial charge in [0, 0.05) is 27.8 Å². The number of hydrogen-bond acceptors (Lipinski definition) is 15. The molecule has 64 heavy (non-hydrogen) atoms. The van der Waals surface area contributed by atoms with Gasteiger partial charge in [-0.2, -0.15) is 0 Å². The Kier molecular flexibility index (Phi) is 21.0. The van der Waals surface area contributed by atoms with E-state index in [0.29, 0.717) is 22.8 Å². The lowest BCUT2D eigenvalue weighted by atomic mass is 9.76. The molecule has 0 radical (unpaired) electrons. The summed E-state index contributed by atoms with van der Waals surface area (Å²) in [5.41, 5.74) is 0.573. The van der Waals surface area contributed by atoms with E-state index >= 15 is 0 Å². The van der Waals surface area contributed by atoms with Crippen molar-refractivity contribution in [1.29, 1.82) is 0 Å². The first-order valence-electron chi connectivity index (χ1n) is 21.4. The molecule has 0 aromatic heterocycles. The topological polar surface area (TPSA) is 193 Å². The minimum atomic E-state index is -1.59. The predicted octanol–water partition coefficient (Wildman–Crippen LogP) is 8.26. The van der Waals surface area contributed by atoms with Crippen molar-refractivity contribution in [2.45, 2.75) is 105 Å². The summed E-state index contributed by atoms with van der Waals surface area (Å²) in [6, 6.07) is 9.96. The fourth-order valence-electron chi connectivity index (χ4n) is 6.76. The lowest BCUT2D eigenvalue weighted by Gasteiger charge is -2.32. The standard InChI is InChI=1S/C49H62O15/c1-10-12-13-14-34-15-17-35(18-16-34)38-23-41(64-48(56)33(7)8)39(24-40(38)63-47(55)32(5)6)36-19-21-37(22-20-36)59-27-49(30-62-46(54)31(3)4,28-60-44(52)25-42(50)57-9)29-61-45(53)26-43(51)58-11-2/h19-24,34-35H,3,5,7,10-18,25-30H2,1-2,4,6,8-9H3. The molecular formula is C49H62O15. The molecule has 0 saturated heterocycles. The molecule has 1 aliphatic rings. The van der Waals surface area contributed by atoms with Gasteiger partial charge in [-0.25, -0.2) is 14.4 Å². The first-order valence-corrected chi connectivity index (χ1v) is 21.4. The van der Waals surface area contributed by atoms with Crippen molar-refractivity contribution in [2.75, 3.05) is 40.1 Å². The number of hydrogen-bond donors (Lipinski definition) is 0. The molecule has 0 spiro atoms. The summed E-state index contributed by atoms with van der Waals surface area (Å²) in [4.78, 5) is 87.7. The van der Waals surface area contributed by atoms with E-state index in [-0.39, 0.29) is 40.7 Å². The van der Waals surface area contributed by atoms with E-state index in [1.165, 1.54) is 26.2 Å². The highest BCUT2D eigenvalue weighted by Crippen LogP contribution is 2.46. The Bertz CT molecular complexity index is 2020. The van der Waals surface area contributed by atoms with Crippen molar-refractivity contribution in [2.24, 2.45) is 11.3 Å². The van der Waals surface area contributed by atoms with Gasteiger partial charge < -0.3 is 37.9 Å². The number of carbonyl (C=O) groups is 7. The summed E-state index contributed by atoms with van der Waals surface area (Å²) < 4.78 is 43.6. The van der Waals surface area contributed by atoms with Crippen molar-refractivity contribution >= 4 is 41.8 Å². The van der Waals surface area contributed by atoms with E-state index in [0.717, 1.165) is 44.8 Å². The van der Waals surface area contributed by atoms with Crippen LogP contribution in [0.25, 0.3) is 11.1 Å². The van der Waals surface area contributed by atoms with Gasteiger partial charge in [0.05, 0.1) is 13.7 Å². The fourth-order valence-corrected chi connectivity index (χ4v) is 6.76. The summed E-state index contributed by atoms with van der Waals surface area (Å²) >= 11 is 0. The third-order valence-corrected chi connectivity index (χ3v) is 10.5. The third-order valence-electron chi connectivity index (χ3n) is 10.5. The highest BCUT2D eigenvalue weighted by Gasteiger charge is 2.38. The van der Waals surface area contributed by atoms with Crippen LogP contribution in [0.2, 0.25) is 0 Å². The number of unbranched alkanes of at least 4 members (excludes halogenated alkanes) is 2. The lowest BCUT2D eigenvalue weighted by Crippen LogP contribution is -2.44. The van der Waals surface area contributed by atoms with Gasteiger partial charge in [-0.1, -0.05) is 64.5 Å². The van der Waals surface area contributed by atoms with Crippen molar-refractivity contribution in [3.05, 3.63) is 78.4 Å². The van der Waals surface area contributed by atoms with Gasteiger partial charge in [-0.05, 0) is 95.0 Å². The second kappa shape index (κ2) is 25.8. The largest absolute Gasteiger partial charge is 0.493 e. The van der Waals surface area contributed by atoms with Gasteiger partial charge in [0.2, 0.25) is 0 Å². The minimum absolute atomic E-state index is 0.0334. The van der Waals surface area contributed by atoms with Crippen LogP contribution < -0.4 is 14.2 Å². The normalized spacial score (nSPS) is 15.3. The molecule has 0 amide bonds. The van der Waals surface area contributed by atoms with Crippen LogP contribution in [-0.4, -0.2) is 81.9 Å². The number of methoxy groups -OCH3 is 1. The number of rotatable bonds is 25. The lowest BCUT2D eigenvalue weighted by molar-refractivity contribution is -0.165. The van der Waals surface area contributed by atoms with Crippen LogP contribution >= 0.6 is 0 Å². The highest BCUT2D eigenvalue weighted by atomic mass is 16.6. The van der Waals surface area contributed by atoms with E-state index in [1.807, 2.05) is 0 Å². The quantitative estimate of drug-likeness (QED) is 0.0231. The number of benzene rings is 2. The maximum absolute atomic E-state index is 13.0. The average Bonchev–Trinajstić information content (AvgIpc) is 3.26. The molecule has 1 fully saturated rings. The molecule has 0 N–H and O–H groups in total. The van der Waals surface area contributed by atoms with Crippen molar-refractivity contribution < 1.29 is 71.5 Å². The zero-order chi connectivity index (χ0) is 47.4. The summed E-state index contributed by atoms with van der Waals surface area (Å²) in [5.74, 6) is -4.24. The van der Waals surface area contributed by atoms with E-state index < -0.39 is 86.5 Å². The van der Waals surface area contributed by atoms with E-state index in [4.69, 9.17) is 33.2 Å². The second-order valence-corrected chi connectivity index (χ2v) is 16.2. The monoisotopic (exact) mass is 890 g/mol. The maximum Gasteiger partial charge on any atom is 0.338 e. The van der Waals surface area contributed by atoms with E-state index in [2.05, 4.69) is 31.4 Å². The first kappa shape index (κ1) is 52.1. The van der Waals surface area contributed by atoms with Crippen LogP contribution in [0.15, 0.2) is 72.9 Å². The SMILES string of the molecule is C=C(C)C(=O)OCC(COC(=O)CC(=O)OC)(COC(=O)CC(=O)OCC)COc1ccc(-c2cc(OC(=O)C(=C)C)c(C3CCC(CCCCC)CC3)cc2OC(=O)C(=C)C)cc1. The molecule has 1 saturated carbocycles. The molecule has 2 aromatic carbocycles. The Morgan fingerprint density at radius 1 is 0.625 bits per heavy atom. The number of esters is 7. The highest BCUT2D eigenvalue weighted by molar-refractivity contribution is 5.93. The zero-order valence-electron chi connectivity index (χ0n) is 38.0. The van der Waals surface area contributed by atoms with Crippen LogP contribution in [0.3, 0.4) is 0 Å². The van der Waals surface area contributed by atoms with Gasteiger partial charge in [0.25, 0.3) is 0 Å². The Morgan fingerprint density at radius 3 is 1.69 bits per heavy atom. The molecule has 15 nitrogen and oxygen atoms in total. The molecule has 1 atom stereocenters. The van der Waals surface area contributed by atoms with Crippen LogP contribution in [0, 0.1) is 11.3 Å². The van der Waals surface area contributed by atoms with Crippen molar-refractivity contribution in [3.8, 4) is 28.4 Å². The fraction of sp³-hybridized carbons (Fsp3) is 0.490. The van der Waals surface area contributed by atoms with Crippen LogP contribution in [-0.2, 0) is 57.2 Å². The van der Waals surface area contributed by atoms with Gasteiger partial charge in [-0.3, -0.25) is 19.2 Å². The average molecular weight is 891 g/mol. The van der Waals surface area contributed by atoms with Gasteiger partial charge in [-0.15, -0.1) is 0 Å². The molecule has 2 aromatic rings. The Morgan fingerprint density at radius 2 is 1.16 bits per heavy atom. The molecule has 0 bridgehead atoms. The predicted molar refractivity (Wildman–Crippen MR) is 235 cm³/mol. The second-order valence-electron chi connectivity index (χ2n) is 16.2. The minimum Gasteiger partial charge on any atom is -0.493 e. The van der Waals surface area contributed by atoms with Crippen LogP contribution in [0.1, 0.15) is 110 Å². The van der Waals surface area contributed by atoms with E-state index in [1.54, 1.807) is 57.2 Å². The van der Waals surface area contributed by atoms with E-state index in [9.17, 15) is 33.6 Å². The number of carbonyl (C=O) groups excluding carboxylic acids is 7. The molecule has 348 valence electrons. The molecule has 1 unspecified atom stereocenters. The summed E-state index contributed by atoms with van der Waals surface area (Å²) in [6.07, 6.45) is 7.07. The summed E-state index contributed by atoms with van der Waals surface area (Å²) in [6.45, 7) is 17.3. The van der Waals surface area contributed by atoms with Gasteiger partial charge in [0.15, 0.2) is 0 Å². The molecule has 0 heterocycles. The third kappa shape index (κ3) is 16.8. The molecule has 15 heteroatoms. The zero-order valence-corrected chi connectivity index (χ0v) is 38.0. The smallest absolute Gasteiger partial charge is 0.338 e. The first-order chi connectivity index (χ1) is 30.4. The van der Waals surface area contributed by atoms with Gasteiger partial charge in [0.1, 0.15) is 61.9 Å². The summed E-state index contributed by atoms with van der Waals surface area (Å²) in [7, 11) is 1.10. The Labute approximate surface area is 375 Å². The molecule has 3 rings (SSSR count). The van der Waals surface area contributed by atoms with Gasteiger partial charge >= 0.3 is 41.8 Å². The van der Waals surface area contributed by atoms with Crippen LogP contribution in [0.5, 0.6) is 17.2 Å². The molecule has 1 aliphatic carbocycles. The Hall–Kier alpha value is -6.25. The summed E-state index contributed by atoms with van der Waals surface area (Å²) in [5, 5.41) is 0. The number of ether oxygens (including phenoxy) is 8. The maximum atomic E-state index is 13.0. The van der Waals surface area contributed by atoms with Crippen molar-refractivity contribution in [3.63, 3.8) is 0 Å². The molecule has 0 aliphatic heterocycles.